The van der Waals surface area contributed by atoms with Gasteiger partial charge in [0, 0.05) is 18.9 Å². The van der Waals surface area contributed by atoms with E-state index < -0.39 is 8.24 Å². The van der Waals surface area contributed by atoms with E-state index in [1.54, 1.807) is 12.4 Å². The van der Waals surface area contributed by atoms with Crippen LogP contribution in [0.3, 0.4) is 0 Å². The minimum Gasteiger partial charge on any atom is -0.382 e. The zero-order valence-electron chi connectivity index (χ0n) is 8.20. The molecule has 0 saturated carbocycles. The van der Waals surface area contributed by atoms with E-state index in [1.165, 1.54) is 12.5 Å². The first kappa shape index (κ1) is 8.68. The van der Waals surface area contributed by atoms with Crippen molar-refractivity contribution >= 4 is 14.1 Å². The second-order valence-corrected chi connectivity index (χ2v) is 8.80. The van der Waals surface area contributed by atoms with Gasteiger partial charge in [-0.2, -0.15) is 0 Å². The summed E-state index contributed by atoms with van der Waals surface area (Å²) >= 11 is 0. The SMILES string of the molecule is C[Si]1(C)CCCN1c1cnccn1. The number of hydrogen-bond acceptors (Lipinski definition) is 3. The van der Waals surface area contributed by atoms with Crippen LogP contribution in [0, 0.1) is 0 Å². The monoisotopic (exact) mass is 193 g/mol. The molecule has 13 heavy (non-hydrogen) atoms. The quantitative estimate of drug-likeness (QED) is 0.638. The Bertz CT molecular complexity index is 286. The largest absolute Gasteiger partial charge is 0.382 e. The smallest absolute Gasteiger partial charge is 0.152 e. The zero-order valence-corrected chi connectivity index (χ0v) is 9.20. The highest BCUT2D eigenvalue weighted by Gasteiger charge is 2.35. The van der Waals surface area contributed by atoms with Gasteiger partial charge in [0.25, 0.3) is 0 Å². The van der Waals surface area contributed by atoms with Gasteiger partial charge in [0.1, 0.15) is 5.82 Å². The number of aromatic nitrogens is 2. The first-order chi connectivity index (χ1) is 6.20. The van der Waals surface area contributed by atoms with Crippen molar-refractivity contribution in [3.8, 4) is 0 Å². The van der Waals surface area contributed by atoms with E-state index >= 15 is 0 Å². The lowest BCUT2D eigenvalue weighted by molar-refractivity contribution is 0.959. The lowest BCUT2D eigenvalue weighted by Crippen LogP contribution is -2.43. The molecule has 1 aromatic heterocycles. The fourth-order valence-electron chi connectivity index (χ4n) is 1.96. The van der Waals surface area contributed by atoms with Crippen LogP contribution in [0.4, 0.5) is 5.82 Å². The Balaban J connectivity index is 2.27. The first-order valence-corrected chi connectivity index (χ1v) is 7.89. The van der Waals surface area contributed by atoms with Gasteiger partial charge in [0.2, 0.25) is 0 Å². The molecule has 2 heterocycles. The summed E-state index contributed by atoms with van der Waals surface area (Å²) in [4.78, 5) is 8.47. The lowest BCUT2D eigenvalue weighted by atomic mass is 10.5. The summed E-state index contributed by atoms with van der Waals surface area (Å²) in [6.07, 6.45) is 6.70. The second kappa shape index (κ2) is 3.10. The van der Waals surface area contributed by atoms with Gasteiger partial charge >= 0.3 is 0 Å². The molecule has 0 amide bonds. The maximum Gasteiger partial charge on any atom is 0.152 e. The highest BCUT2D eigenvalue weighted by Crippen LogP contribution is 2.29. The molecule has 3 nitrogen and oxygen atoms in total. The minimum atomic E-state index is -1.18. The van der Waals surface area contributed by atoms with Gasteiger partial charge in [-0.3, -0.25) is 4.98 Å². The predicted molar refractivity (Wildman–Crippen MR) is 56.3 cm³/mol. The molecule has 4 heteroatoms. The van der Waals surface area contributed by atoms with Crippen molar-refractivity contribution in [1.82, 2.24) is 9.97 Å². The summed E-state index contributed by atoms with van der Waals surface area (Å²) in [6, 6.07) is 1.38. The third-order valence-electron chi connectivity index (χ3n) is 2.73. The molecule has 1 aromatic rings. The van der Waals surface area contributed by atoms with E-state index in [0.717, 1.165) is 12.4 Å². The zero-order chi connectivity index (χ0) is 9.31. The van der Waals surface area contributed by atoms with Gasteiger partial charge in [0.05, 0.1) is 6.20 Å². The normalized spacial score (nSPS) is 20.6. The third-order valence-corrected chi connectivity index (χ3v) is 6.22. The number of nitrogens with zero attached hydrogens (tertiary/aromatic N) is 3. The Kier molecular flexibility index (Phi) is 2.07. The highest BCUT2D eigenvalue weighted by atomic mass is 28.3. The molecule has 0 N–H and O–H groups in total. The van der Waals surface area contributed by atoms with Crippen LogP contribution in [0.25, 0.3) is 0 Å². The first-order valence-electron chi connectivity index (χ1n) is 4.74. The summed E-state index contributed by atoms with van der Waals surface area (Å²) < 4.78 is 2.47. The summed E-state index contributed by atoms with van der Waals surface area (Å²) in [6.45, 7) is 5.96. The van der Waals surface area contributed by atoms with E-state index in [4.69, 9.17) is 0 Å². The van der Waals surface area contributed by atoms with Crippen molar-refractivity contribution in [2.75, 3.05) is 11.1 Å². The van der Waals surface area contributed by atoms with Gasteiger partial charge in [-0.1, -0.05) is 13.1 Å². The minimum absolute atomic E-state index is 1.07. The molecule has 0 unspecified atom stereocenters. The van der Waals surface area contributed by atoms with Crippen LogP contribution < -0.4 is 4.57 Å². The highest BCUT2D eigenvalue weighted by molar-refractivity contribution is 6.81. The molecule has 1 aliphatic heterocycles. The number of rotatable bonds is 1. The second-order valence-electron chi connectivity index (χ2n) is 4.13. The molecular formula is C9H15N3Si. The van der Waals surface area contributed by atoms with Crippen LogP contribution in [-0.4, -0.2) is 24.7 Å². The fraction of sp³-hybridized carbons (Fsp3) is 0.556. The summed E-state index contributed by atoms with van der Waals surface area (Å²) in [5, 5.41) is 0. The van der Waals surface area contributed by atoms with Gasteiger partial charge in [-0.25, -0.2) is 4.98 Å². The van der Waals surface area contributed by atoms with Crippen LogP contribution in [0.1, 0.15) is 6.42 Å². The van der Waals surface area contributed by atoms with Crippen molar-refractivity contribution < 1.29 is 0 Å². The molecular weight excluding hydrogens is 178 g/mol. The molecule has 0 aliphatic carbocycles. The number of anilines is 1. The van der Waals surface area contributed by atoms with Crippen molar-refractivity contribution in [3.63, 3.8) is 0 Å². The van der Waals surface area contributed by atoms with Gasteiger partial charge < -0.3 is 4.57 Å². The maximum atomic E-state index is 4.35. The maximum absolute atomic E-state index is 4.35. The Morgan fingerprint density at radius 1 is 1.38 bits per heavy atom. The van der Waals surface area contributed by atoms with E-state index in [9.17, 15) is 0 Å². The van der Waals surface area contributed by atoms with Crippen molar-refractivity contribution in [2.45, 2.75) is 25.6 Å². The van der Waals surface area contributed by atoms with Crippen molar-refractivity contribution in [3.05, 3.63) is 18.6 Å². The summed E-state index contributed by atoms with van der Waals surface area (Å²) in [7, 11) is -1.18. The van der Waals surface area contributed by atoms with Crippen molar-refractivity contribution in [1.29, 1.82) is 0 Å². The standard InChI is InChI=1S/C9H15N3Si/c1-13(2)7-3-6-12(13)9-8-10-4-5-11-9/h4-5,8H,3,6-7H2,1-2H3. The average molecular weight is 193 g/mol. The average Bonchev–Trinajstić information content (AvgIpc) is 2.47. The summed E-state index contributed by atoms with van der Waals surface area (Å²) in [5.74, 6) is 1.07. The molecule has 0 aromatic carbocycles. The van der Waals surface area contributed by atoms with E-state index in [1.807, 2.05) is 6.20 Å². The van der Waals surface area contributed by atoms with Gasteiger partial charge in [0.15, 0.2) is 8.24 Å². The van der Waals surface area contributed by atoms with Gasteiger partial charge in [-0.15, -0.1) is 0 Å². The molecule has 0 radical (unpaired) electrons. The molecule has 0 spiro atoms. The molecule has 0 bridgehead atoms. The van der Waals surface area contributed by atoms with E-state index in [-0.39, 0.29) is 0 Å². The predicted octanol–water partition coefficient (Wildman–Crippen LogP) is 1.89. The molecule has 70 valence electrons. The van der Waals surface area contributed by atoms with E-state index in [0.29, 0.717) is 0 Å². The van der Waals surface area contributed by atoms with E-state index in [2.05, 4.69) is 27.6 Å². The van der Waals surface area contributed by atoms with Crippen LogP contribution in [0.5, 0.6) is 0 Å². The van der Waals surface area contributed by atoms with Crippen LogP contribution >= 0.6 is 0 Å². The summed E-state index contributed by atoms with van der Waals surface area (Å²) in [5.41, 5.74) is 0. The molecule has 2 rings (SSSR count). The Hall–Kier alpha value is -0.903. The van der Waals surface area contributed by atoms with Crippen molar-refractivity contribution in [2.24, 2.45) is 0 Å². The lowest BCUT2D eigenvalue weighted by Gasteiger charge is -2.30. The third kappa shape index (κ3) is 1.58. The van der Waals surface area contributed by atoms with Crippen LogP contribution in [0.2, 0.25) is 19.1 Å². The molecule has 0 atom stereocenters. The molecule has 1 aliphatic rings. The Labute approximate surface area is 79.9 Å². The van der Waals surface area contributed by atoms with Crippen LogP contribution in [0.15, 0.2) is 18.6 Å². The topological polar surface area (TPSA) is 29.0 Å². The Morgan fingerprint density at radius 2 is 2.23 bits per heavy atom. The van der Waals surface area contributed by atoms with Gasteiger partial charge in [-0.05, 0) is 12.5 Å². The number of hydrogen-bond donors (Lipinski definition) is 0. The fourth-order valence-corrected chi connectivity index (χ4v) is 4.76. The molecule has 1 fully saturated rings. The Morgan fingerprint density at radius 3 is 2.77 bits per heavy atom. The van der Waals surface area contributed by atoms with Crippen LogP contribution in [-0.2, 0) is 0 Å². The molecule has 1 saturated heterocycles.